The molecule has 110 valence electrons. The number of amides is 1. The van der Waals surface area contributed by atoms with Gasteiger partial charge in [0.1, 0.15) is 0 Å². The fourth-order valence-corrected chi connectivity index (χ4v) is 2.20. The molecule has 6 heteroatoms. The number of carbonyl (C=O) groups is 1. The van der Waals surface area contributed by atoms with Gasteiger partial charge in [0.15, 0.2) is 11.5 Å². The van der Waals surface area contributed by atoms with E-state index in [2.05, 4.69) is 0 Å². The Bertz CT molecular complexity index is 482. The van der Waals surface area contributed by atoms with Crippen molar-refractivity contribution in [2.45, 2.75) is 6.42 Å². The number of hydrogen-bond donors (Lipinski definition) is 1. The largest absolute Gasteiger partial charge is 0.493 e. The molecule has 0 saturated carbocycles. The van der Waals surface area contributed by atoms with Crippen molar-refractivity contribution in [1.82, 2.24) is 4.90 Å². The lowest BCUT2D eigenvalue weighted by Crippen LogP contribution is -2.33. The van der Waals surface area contributed by atoms with E-state index in [0.29, 0.717) is 49.1 Å². The Hall–Kier alpha value is -1.95. The van der Waals surface area contributed by atoms with Gasteiger partial charge < -0.3 is 24.8 Å². The van der Waals surface area contributed by atoms with E-state index in [-0.39, 0.29) is 5.91 Å². The van der Waals surface area contributed by atoms with Crippen molar-refractivity contribution in [3.63, 3.8) is 0 Å². The SMILES string of the molecule is COc1cc(N)c(C(=O)N2CCCOCC2)cc1OC. The standard InChI is InChI=1S/C14H20N2O4/c1-18-12-8-10(11(15)9-13(12)19-2)14(17)16-4-3-6-20-7-5-16/h8-9H,3-7,15H2,1-2H3. The highest BCUT2D eigenvalue weighted by molar-refractivity contribution is 6.00. The minimum atomic E-state index is -0.103. The summed E-state index contributed by atoms with van der Waals surface area (Å²) in [6.45, 7) is 2.49. The molecule has 1 aliphatic heterocycles. The number of hydrogen-bond acceptors (Lipinski definition) is 5. The fourth-order valence-electron chi connectivity index (χ4n) is 2.20. The van der Waals surface area contributed by atoms with Crippen LogP contribution >= 0.6 is 0 Å². The molecule has 6 nitrogen and oxygen atoms in total. The Balaban J connectivity index is 2.28. The third-order valence-electron chi connectivity index (χ3n) is 3.30. The van der Waals surface area contributed by atoms with Crippen molar-refractivity contribution in [2.75, 3.05) is 46.3 Å². The van der Waals surface area contributed by atoms with Crippen LogP contribution in [0.3, 0.4) is 0 Å². The zero-order chi connectivity index (χ0) is 14.5. The van der Waals surface area contributed by atoms with Crippen molar-refractivity contribution in [2.24, 2.45) is 0 Å². The molecule has 0 atom stereocenters. The number of anilines is 1. The van der Waals surface area contributed by atoms with Gasteiger partial charge in [-0.15, -0.1) is 0 Å². The number of nitrogen functional groups attached to an aromatic ring is 1. The molecule has 1 aliphatic rings. The average Bonchev–Trinajstić information content (AvgIpc) is 2.75. The molecule has 0 aliphatic carbocycles. The molecule has 0 spiro atoms. The van der Waals surface area contributed by atoms with Gasteiger partial charge in [0.25, 0.3) is 5.91 Å². The number of carbonyl (C=O) groups excluding carboxylic acids is 1. The van der Waals surface area contributed by atoms with E-state index >= 15 is 0 Å². The molecule has 2 rings (SSSR count). The molecule has 0 bridgehead atoms. The van der Waals surface area contributed by atoms with Crippen LogP contribution in [0.4, 0.5) is 5.69 Å². The summed E-state index contributed by atoms with van der Waals surface area (Å²) < 4.78 is 15.7. The Morgan fingerprint density at radius 1 is 1.20 bits per heavy atom. The first-order valence-corrected chi connectivity index (χ1v) is 6.56. The second-order valence-corrected chi connectivity index (χ2v) is 4.55. The number of ether oxygens (including phenoxy) is 3. The maximum atomic E-state index is 12.5. The second-order valence-electron chi connectivity index (χ2n) is 4.55. The quantitative estimate of drug-likeness (QED) is 0.841. The number of nitrogens with zero attached hydrogens (tertiary/aromatic N) is 1. The highest BCUT2D eigenvalue weighted by Crippen LogP contribution is 2.32. The zero-order valence-corrected chi connectivity index (χ0v) is 11.8. The average molecular weight is 280 g/mol. The molecular weight excluding hydrogens is 260 g/mol. The summed E-state index contributed by atoms with van der Waals surface area (Å²) in [5.41, 5.74) is 6.77. The van der Waals surface area contributed by atoms with Crippen molar-refractivity contribution in [3.05, 3.63) is 17.7 Å². The molecule has 1 amide bonds. The first kappa shape index (κ1) is 14.5. The zero-order valence-electron chi connectivity index (χ0n) is 11.8. The van der Waals surface area contributed by atoms with Crippen LogP contribution in [0.25, 0.3) is 0 Å². The van der Waals surface area contributed by atoms with Crippen LogP contribution in [0.2, 0.25) is 0 Å². The van der Waals surface area contributed by atoms with Crippen LogP contribution in [0, 0.1) is 0 Å². The molecule has 1 aromatic carbocycles. The van der Waals surface area contributed by atoms with E-state index < -0.39 is 0 Å². The van der Waals surface area contributed by atoms with Gasteiger partial charge in [-0.25, -0.2) is 0 Å². The van der Waals surface area contributed by atoms with Crippen LogP contribution < -0.4 is 15.2 Å². The minimum absolute atomic E-state index is 0.103. The molecule has 1 fully saturated rings. The van der Waals surface area contributed by atoms with Gasteiger partial charge >= 0.3 is 0 Å². The Labute approximate surface area is 118 Å². The van der Waals surface area contributed by atoms with Gasteiger partial charge in [-0.1, -0.05) is 0 Å². The fraction of sp³-hybridized carbons (Fsp3) is 0.500. The normalized spacial score (nSPS) is 15.6. The van der Waals surface area contributed by atoms with E-state index in [0.717, 1.165) is 6.42 Å². The summed E-state index contributed by atoms with van der Waals surface area (Å²) in [6, 6.07) is 3.24. The summed E-state index contributed by atoms with van der Waals surface area (Å²) >= 11 is 0. The maximum Gasteiger partial charge on any atom is 0.256 e. The van der Waals surface area contributed by atoms with Gasteiger partial charge in [-0.3, -0.25) is 4.79 Å². The third-order valence-corrected chi connectivity index (χ3v) is 3.30. The molecular formula is C14H20N2O4. The number of rotatable bonds is 3. The molecule has 20 heavy (non-hydrogen) atoms. The smallest absolute Gasteiger partial charge is 0.256 e. The Morgan fingerprint density at radius 2 is 1.90 bits per heavy atom. The summed E-state index contributed by atoms with van der Waals surface area (Å²) in [6.07, 6.45) is 0.832. The first-order valence-electron chi connectivity index (χ1n) is 6.56. The van der Waals surface area contributed by atoms with Crippen LogP contribution in [0.1, 0.15) is 16.8 Å². The maximum absolute atomic E-state index is 12.5. The summed E-state index contributed by atoms with van der Waals surface area (Å²) in [4.78, 5) is 14.3. The van der Waals surface area contributed by atoms with Crippen molar-refractivity contribution >= 4 is 11.6 Å². The van der Waals surface area contributed by atoms with Crippen molar-refractivity contribution in [1.29, 1.82) is 0 Å². The minimum Gasteiger partial charge on any atom is -0.493 e. The predicted octanol–water partition coefficient (Wildman–Crippen LogP) is 1.15. The number of methoxy groups -OCH3 is 2. The van der Waals surface area contributed by atoms with Crippen LogP contribution in [0.5, 0.6) is 11.5 Å². The molecule has 1 saturated heterocycles. The molecule has 1 heterocycles. The Morgan fingerprint density at radius 3 is 2.60 bits per heavy atom. The van der Waals surface area contributed by atoms with Crippen LogP contribution in [-0.2, 0) is 4.74 Å². The second kappa shape index (κ2) is 6.47. The summed E-state index contributed by atoms with van der Waals surface area (Å²) in [5.74, 6) is 0.908. The highest BCUT2D eigenvalue weighted by atomic mass is 16.5. The monoisotopic (exact) mass is 280 g/mol. The lowest BCUT2D eigenvalue weighted by atomic mass is 10.1. The van der Waals surface area contributed by atoms with Crippen molar-refractivity contribution in [3.8, 4) is 11.5 Å². The molecule has 2 N–H and O–H groups in total. The van der Waals surface area contributed by atoms with Gasteiger partial charge in [0, 0.05) is 31.5 Å². The van der Waals surface area contributed by atoms with E-state index in [9.17, 15) is 4.79 Å². The lowest BCUT2D eigenvalue weighted by Gasteiger charge is -2.21. The molecule has 0 radical (unpaired) electrons. The van der Waals surface area contributed by atoms with E-state index in [1.807, 2.05) is 0 Å². The van der Waals surface area contributed by atoms with E-state index in [1.165, 1.54) is 14.2 Å². The van der Waals surface area contributed by atoms with Gasteiger partial charge in [-0.2, -0.15) is 0 Å². The molecule has 1 aromatic rings. The predicted molar refractivity (Wildman–Crippen MR) is 75.3 cm³/mol. The van der Waals surface area contributed by atoms with Crippen LogP contribution in [-0.4, -0.2) is 51.3 Å². The van der Waals surface area contributed by atoms with E-state index in [4.69, 9.17) is 19.9 Å². The highest BCUT2D eigenvalue weighted by Gasteiger charge is 2.21. The van der Waals surface area contributed by atoms with Gasteiger partial charge in [-0.05, 0) is 12.5 Å². The van der Waals surface area contributed by atoms with Crippen LogP contribution in [0.15, 0.2) is 12.1 Å². The first-order chi connectivity index (χ1) is 9.67. The molecule has 0 unspecified atom stereocenters. The lowest BCUT2D eigenvalue weighted by molar-refractivity contribution is 0.0742. The van der Waals surface area contributed by atoms with Gasteiger partial charge in [0.05, 0.1) is 26.4 Å². The number of nitrogens with two attached hydrogens (primary N) is 1. The summed E-state index contributed by atoms with van der Waals surface area (Å²) in [5, 5.41) is 0. The topological polar surface area (TPSA) is 74.0 Å². The van der Waals surface area contributed by atoms with Gasteiger partial charge in [0.2, 0.25) is 0 Å². The Kier molecular flexibility index (Phi) is 4.68. The molecule has 0 aromatic heterocycles. The number of benzene rings is 1. The third kappa shape index (κ3) is 2.96. The van der Waals surface area contributed by atoms with Crippen molar-refractivity contribution < 1.29 is 19.0 Å². The van der Waals surface area contributed by atoms with E-state index in [1.54, 1.807) is 17.0 Å². The summed E-state index contributed by atoms with van der Waals surface area (Å²) in [7, 11) is 3.06.